The monoisotopic (exact) mass is 305 g/mol. The highest BCUT2D eigenvalue weighted by atomic mass is 32.2. The molecule has 2 aromatic carbocycles. The summed E-state index contributed by atoms with van der Waals surface area (Å²) in [5.74, 6) is 0.291. The summed E-state index contributed by atoms with van der Waals surface area (Å²) in [4.78, 5) is 1.27. The smallest absolute Gasteiger partial charge is 0.129 e. The van der Waals surface area contributed by atoms with E-state index in [4.69, 9.17) is 0 Å². The van der Waals surface area contributed by atoms with Crippen LogP contribution in [0.2, 0.25) is 0 Å². The van der Waals surface area contributed by atoms with E-state index in [1.165, 1.54) is 28.7 Å². The van der Waals surface area contributed by atoms with Crippen LogP contribution in [0.4, 0.5) is 8.78 Å². The first-order chi connectivity index (χ1) is 10.2. The van der Waals surface area contributed by atoms with Crippen LogP contribution in [-0.4, -0.2) is 18.8 Å². The Morgan fingerprint density at radius 3 is 2.57 bits per heavy atom. The van der Waals surface area contributed by atoms with Crippen molar-refractivity contribution >= 4 is 11.8 Å². The lowest BCUT2D eigenvalue weighted by atomic mass is 9.89. The first-order valence-electron chi connectivity index (χ1n) is 7.02. The third-order valence-corrected chi connectivity index (χ3v) is 5.29. The van der Waals surface area contributed by atoms with Crippen molar-refractivity contribution in [2.24, 2.45) is 0 Å². The van der Waals surface area contributed by atoms with E-state index in [0.717, 1.165) is 5.75 Å². The Kier molecular flexibility index (Phi) is 4.27. The van der Waals surface area contributed by atoms with Crippen LogP contribution < -0.4 is 5.32 Å². The highest BCUT2D eigenvalue weighted by molar-refractivity contribution is 7.99. The van der Waals surface area contributed by atoms with Gasteiger partial charge in [-0.3, -0.25) is 0 Å². The van der Waals surface area contributed by atoms with Crippen LogP contribution >= 0.6 is 11.8 Å². The molecule has 0 saturated heterocycles. The Bertz CT molecular complexity index is 624. The minimum Gasteiger partial charge on any atom is -0.316 e. The second kappa shape index (κ2) is 6.16. The van der Waals surface area contributed by atoms with Crippen LogP contribution in [-0.2, 0) is 6.42 Å². The average molecular weight is 305 g/mol. The Morgan fingerprint density at radius 2 is 1.86 bits per heavy atom. The molecule has 2 aromatic rings. The minimum atomic E-state index is -0.464. The molecule has 1 aliphatic heterocycles. The fourth-order valence-corrected chi connectivity index (χ4v) is 4.25. The van der Waals surface area contributed by atoms with Gasteiger partial charge in [-0.1, -0.05) is 24.3 Å². The second-order valence-corrected chi connectivity index (χ2v) is 6.32. The summed E-state index contributed by atoms with van der Waals surface area (Å²) in [5, 5.41) is 3.24. The number of nitrogens with one attached hydrogen (secondary N) is 1. The summed E-state index contributed by atoms with van der Waals surface area (Å²) in [5.41, 5.74) is 1.45. The zero-order valence-corrected chi connectivity index (χ0v) is 12.6. The van der Waals surface area contributed by atoms with Crippen LogP contribution in [0.3, 0.4) is 0 Å². The molecule has 2 atom stereocenters. The maximum atomic E-state index is 13.9. The van der Waals surface area contributed by atoms with Gasteiger partial charge in [-0.2, -0.15) is 0 Å². The number of hydrogen-bond acceptors (Lipinski definition) is 2. The number of benzene rings is 2. The molecule has 21 heavy (non-hydrogen) atoms. The molecular formula is C17H17F2NS. The van der Waals surface area contributed by atoms with Crippen LogP contribution in [0.25, 0.3) is 0 Å². The first-order valence-corrected chi connectivity index (χ1v) is 8.01. The fraction of sp³-hybridized carbons (Fsp3) is 0.294. The van der Waals surface area contributed by atoms with Gasteiger partial charge in [-0.05, 0) is 37.2 Å². The summed E-state index contributed by atoms with van der Waals surface area (Å²) in [6.45, 7) is 0. The van der Waals surface area contributed by atoms with Crippen molar-refractivity contribution in [2.45, 2.75) is 23.3 Å². The van der Waals surface area contributed by atoms with Crippen molar-refractivity contribution in [1.29, 1.82) is 0 Å². The van der Waals surface area contributed by atoms with Crippen molar-refractivity contribution < 1.29 is 8.78 Å². The molecule has 0 saturated carbocycles. The van der Waals surface area contributed by atoms with Gasteiger partial charge in [0.2, 0.25) is 0 Å². The zero-order chi connectivity index (χ0) is 14.8. The van der Waals surface area contributed by atoms with Crippen LogP contribution in [0, 0.1) is 11.6 Å². The predicted octanol–water partition coefficient (Wildman–Crippen LogP) is 3.98. The molecule has 2 unspecified atom stereocenters. The van der Waals surface area contributed by atoms with Gasteiger partial charge in [-0.15, -0.1) is 11.8 Å². The molecule has 0 spiro atoms. The standard InChI is InChI=1S/C17H17F2NS/c1-20-16(9-12-14(18)6-4-7-15(12)19)13-10-21-17-8-3-2-5-11(13)17/h2-8,13,16,20H,9-10H2,1H3. The molecule has 1 nitrogen and oxygen atoms in total. The maximum Gasteiger partial charge on any atom is 0.129 e. The first kappa shape index (κ1) is 14.5. The zero-order valence-electron chi connectivity index (χ0n) is 11.8. The largest absolute Gasteiger partial charge is 0.316 e. The maximum absolute atomic E-state index is 13.9. The molecule has 1 aliphatic rings. The average Bonchev–Trinajstić information content (AvgIpc) is 2.91. The number of fused-ring (bicyclic) bond motifs is 1. The van der Waals surface area contributed by atoms with Crippen molar-refractivity contribution in [3.8, 4) is 0 Å². The normalized spacial score (nSPS) is 18.5. The van der Waals surface area contributed by atoms with E-state index in [9.17, 15) is 8.78 Å². The summed E-state index contributed by atoms with van der Waals surface area (Å²) in [7, 11) is 1.86. The van der Waals surface area contributed by atoms with E-state index >= 15 is 0 Å². The highest BCUT2D eigenvalue weighted by Crippen LogP contribution is 2.41. The van der Waals surface area contributed by atoms with Gasteiger partial charge in [0, 0.05) is 28.2 Å². The highest BCUT2D eigenvalue weighted by Gasteiger charge is 2.30. The van der Waals surface area contributed by atoms with Crippen LogP contribution in [0.1, 0.15) is 17.0 Å². The Labute approximate surface area is 127 Å². The molecule has 0 bridgehead atoms. The van der Waals surface area contributed by atoms with Gasteiger partial charge < -0.3 is 5.32 Å². The number of likely N-dealkylation sites (N-methyl/N-ethyl adjacent to an activating group) is 1. The van der Waals surface area contributed by atoms with E-state index in [2.05, 4.69) is 17.4 Å². The van der Waals surface area contributed by atoms with E-state index in [-0.39, 0.29) is 17.5 Å². The topological polar surface area (TPSA) is 12.0 Å². The molecule has 1 heterocycles. The molecule has 0 radical (unpaired) electrons. The lowest BCUT2D eigenvalue weighted by Gasteiger charge is -2.24. The number of thioether (sulfide) groups is 1. The number of halogens is 2. The third-order valence-electron chi connectivity index (χ3n) is 4.08. The van der Waals surface area contributed by atoms with Crippen molar-refractivity contribution in [3.63, 3.8) is 0 Å². The molecule has 0 aliphatic carbocycles. The SMILES string of the molecule is CNC(Cc1c(F)cccc1F)C1CSc2ccccc21. The summed E-state index contributed by atoms with van der Waals surface area (Å²) < 4.78 is 27.7. The third kappa shape index (κ3) is 2.83. The summed E-state index contributed by atoms with van der Waals surface area (Å²) >= 11 is 1.81. The van der Waals surface area contributed by atoms with Crippen LogP contribution in [0.5, 0.6) is 0 Å². The quantitative estimate of drug-likeness (QED) is 0.917. The summed E-state index contributed by atoms with van der Waals surface area (Å²) in [6.07, 6.45) is 0.356. The van der Waals surface area contributed by atoms with Gasteiger partial charge >= 0.3 is 0 Å². The Balaban J connectivity index is 1.87. The Hall–Kier alpha value is -1.39. The van der Waals surface area contributed by atoms with Crippen molar-refractivity contribution in [1.82, 2.24) is 5.32 Å². The predicted molar refractivity (Wildman–Crippen MR) is 82.8 cm³/mol. The lowest BCUT2D eigenvalue weighted by molar-refractivity contribution is 0.461. The number of hydrogen-bond donors (Lipinski definition) is 1. The summed E-state index contributed by atoms with van der Waals surface area (Å²) in [6, 6.07) is 12.3. The molecule has 4 heteroatoms. The van der Waals surface area contributed by atoms with Gasteiger partial charge in [0.25, 0.3) is 0 Å². The lowest BCUT2D eigenvalue weighted by Crippen LogP contribution is -2.35. The van der Waals surface area contributed by atoms with Crippen molar-refractivity contribution in [3.05, 3.63) is 65.2 Å². The van der Waals surface area contributed by atoms with Gasteiger partial charge in [0.05, 0.1) is 0 Å². The van der Waals surface area contributed by atoms with Gasteiger partial charge in [0.1, 0.15) is 11.6 Å². The second-order valence-electron chi connectivity index (χ2n) is 5.25. The molecule has 0 fully saturated rings. The van der Waals surface area contributed by atoms with Crippen LogP contribution in [0.15, 0.2) is 47.4 Å². The molecule has 110 valence electrons. The fourth-order valence-electron chi connectivity index (χ4n) is 2.91. The van der Waals surface area contributed by atoms with Gasteiger partial charge in [0.15, 0.2) is 0 Å². The van der Waals surface area contributed by atoms with E-state index in [0.29, 0.717) is 6.42 Å². The molecular weight excluding hydrogens is 288 g/mol. The minimum absolute atomic E-state index is 0.0209. The van der Waals surface area contributed by atoms with E-state index < -0.39 is 11.6 Å². The van der Waals surface area contributed by atoms with Crippen molar-refractivity contribution in [2.75, 3.05) is 12.8 Å². The Morgan fingerprint density at radius 1 is 1.14 bits per heavy atom. The molecule has 1 N–H and O–H groups in total. The molecule has 0 aromatic heterocycles. The van der Waals surface area contributed by atoms with E-state index in [1.54, 1.807) is 0 Å². The van der Waals surface area contributed by atoms with E-state index in [1.807, 2.05) is 30.9 Å². The van der Waals surface area contributed by atoms with Gasteiger partial charge in [-0.25, -0.2) is 8.78 Å². The number of rotatable bonds is 4. The molecule has 0 amide bonds. The molecule has 3 rings (SSSR count).